The number of benzene rings is 1. The minimum Gasteiger partial charge on any atom is -0.494 e. The van der Waals surface area contributed by atoms with Crippen LogP contribution < -0.4 is 4.74 Å². The van der Waals surface area contributed by atoms with Crippen molar-refractivity contribution in [3.05, 3.63) is 29.8 Å². The molecule has 1 aliphatic carbocycles. The van der Waals surface area contributed by atoms with Crippen LogP contribution in [-0.2, 0) is 0 Å². The standard InChI is InChI=1S/C11H12Cl2O/c1-2-14-10-6-4-3-5-8(10)9-7-11(9,12)13/h3-6,9H,2,7H2,1H3. The first-order valence-corrected chi connectivity index (χ1v) is 5.50. The summed E-state index contributed by atoms with van der Waals surface area (Å²) in [7, 11) is 0. The lowest BCUT2D eigenvalue weighted by Crippen LogP contribution is -1.97. The summed E-state index contributed by atoms with van der Waals surface area (Å²) < 4.78 is 4.94. The summed E-state index contributed by atoms with van der Waals surface area (Å²) in [5.74, 6) is 1.14. The van der Waals surface area contributed by atoms with Crippen molar-refractivity contribution in [1.29, 1.82) is 0 Å². The molecule has 0 saturated heterocycles. The number of para-hydroxylation sites is 1. The zero-order valence-corrected chi connectivity index (χ0v) is 9.48. The molecular formula is C11H12Cl2O. The van der Waals surface area contributed by atoms with Crippen molar-refractivity contribution < 1.29 is 4.74 Å². The van der Waals surface area contributed by atoms with Gasteiger partial charge in [0.15, 0.2) is 0 Å². The third-order valence-corrected chi connectivity index (χ3v) is 3.26. The van der Waals surface area contributed by atoms with E-state index in [1.807, 2.05) is 31.2 Å². The van der Waals surface area contributed by atoms with Gasteiger partial charge in [0.1, 0.15) is 10.1 Å². The topological polar surface area (TPSA) is 9.23 Å². The molecule has 14 heavy (non-hydrogen) atoms. The Morgan fingerprint density at radius 2 is 2.07 bits per heavy atom. The van der Waals surface area contributed by atoms with E-state index >= 15 is 0 Å². The molecule has 1 saturated carbocycles. The molecule has 2 rings (SSSR count). The molecule has 0 spiro atoms. The highest BCUT2D eigenvalue weighted by atomic mass is 35.5. The van der Waals surface area contributed by atoms with Gasteiger partial charge in [0.05, 0.1) is 6.61 Å². The highest BCUT2D eigenvalue weighted by Crippen LogP contribution is 2.61. The summed E-state index contributed by atoms with van der Waals surface area (Å²) in [5.41, 5.74) is 1.12. The summed E-state index contributed by atoms with van der Waals surface area (Å²) in [5, 5.41) is 0. The molecule has 1 aromatic carbocycles. The molecule has 0 N–H and O–H groups in total. The van der Waals surface area contributed by atoms with Crippen LogP contribution in [0.2, 0.25) is 0 Å². The number of rotatable bonds is 3. The number of hydrogen-bond acceptors (Lipinski definition) is 1. The molecule has 1 nitrogen and oxygen atoms in total. The average Bonchev–Trinajstić information content (AvgIpc) is 2.77. The Hall–Kier alpha value is -0.400. The van der Waals surface area contributed by atoms with Crippen molar-refractivity contribution in [3.63, 3.8) is 0 Å². The quantitative estimate of drug-likeness (QED) is 0.720. The van der Waals surface area contributed by atoms with Gasteiger partial charge in [-0.25, -0.2) is 0 Å². The summed E-state index contributed by atoms with van der Waals surface area (Å²) in [4.78, 5) is 0. The lowest BCUT2D eigenvalue weighted by Gasteiger charge is -2.09. The van der Waals surface area contributed by atoms with Gasteiger partial charge in [0.2, 0.25) is 0 Å². The van der Waals surface area contributed by atoms with Gasteiger partial charge in [-0.15, -0.1) is 23.2 Å². The van der Waals surface area contributed by atoms with Crippen LogP contribution in [0.5, 0.6) is 5.75 Å². The van der Waals surface area contributed by atoms with Gasteiger partial charge in [-0.05, 0) is 19.4 Å². The molecule has 1 aliphatic rings. The zero-order valence-electron chi connectivity index (χ0n) is 7.97. The van der Waals surface area contributed by atoms with Gasteiger partial charge in [-0.2, -0.15) is 0 Å². The van der Waals surface area contributed by atoms with Crippen LogP contribution in [0.15, 0.2) is 24.3 Å². The first-order chi connectivity index (χ1) is 6.65. The molecule has 1 unspecified atom stereocenters. The minimum atomic E-state index is -0.576. The Morgan fingerprint density at radius 3 is 2.64 bits per heavy atom. The first-order valence-electron chi connectivity index (χ1n) is 4.74. The lowest BCUT2D eigenvalue weighted by atomic mass is 10.1. The fourth-order valence-corrected chi connectivity index (χ4v) is 2.15. The van der Waals surface area contributed by atoms with Crippen molar-refractivity contribution in [2.24, 2.45) is 0 Å². The molecule has 1 aromatic rings. The molecule has 1 fully saturated rings. The summed E-state index contributed by atoms with van der Waals surface area (Å²) in [6.45, 7) is 2.64. The molecule has 1 atom stereocenters. The van der Waals surface area contributed by atoms with E-state index in [1.165, 1.54) is 0 Å². The van der Waals surface area contributed by atoms with E-state index in [1.54, 1.807) is 0 Å². The predicted octanol–water partition coefficient (Wildman–Crippen LogP) is 3.75. The Labute approximate surface area is 94.0 Å². The highest BCUT2D eigenvalue weighted by Gasteiger charge is 2.53. The van der Waals surface area contributed by atoms with Crippen LogP contribution in [0.3, 0.4) is 0 Å². The van der Waals surface area contributed by atoms with Gasteiger partial charge in [0, 0.05) is 11.5 Å². The van der Waals surface area contributed by atoms with Crippen LogP contribution in [0, 0.1) is 0 Å². The summed E-state index contributed by atoms with van der Waals surface area (Å²) >= 11 is 12.0. The minimum absolute atomic E-state index is 0.230. The molecule has 0 aromatic heterocycles. The normalized spacial score (nSPS) is 23.2. The lowest BCUT2D eigenvalue weighted by molar-refractivity contribution is 0.336. The molecular weight excluding hydrogens is 219 g/mol. The Balaban J connectivity index is 2.25. The van der Waals surface area contributed by atoms with Crippen molar-refractivity contribution in [1.82, 2.24) is 0 Å². The predicted molar refractivity (Wildman–Crippen MR) is 59.4 cm³/mol. The van der Waals surface area contributed by atoms with Gasteiger partial charge < -0.3 is 4.74 Å². The number of alkyl halides is 2. The van der Waals surface area contributed by atoms with Gasteiger partial charge in [0.25, 0.3) is 0 Å². The Bertz CT molecular complexity index is 336. The molecule has 0 bridgehead atoms. The molecule has 0 amide bonds. The average molecular weight is 231 g/mol. The maximum Gasteiger partial charge on any atom is 0.126 e. The van der Waals surface area contributed by atoms with Gasteiger partial charge >= 0.3 is 0 Å². The largest absolute Gasteiger partial charge is 0.494 e. The van der Waals surface area contributed by atoms with Crippen molar-refractivity contribution in [3.8, 4) is 5.75 Å². The van der Waals surface area contributed by atoms with E-state index < -0.39 is 4.33 Å². The third kappa shape index (κ3) is 1.84. The van der Waals surface area contributed by atoms with E-state index in [0.717, 1.165) is 17.7 Å². The van der Waals surface area contributed by atoms with Crippen LogP contribution in [0.1, 0.15) is 24.8 Å². The van der Waals surface area contributed by atoms with Crippen LogP contribution in [0.4, 0.5) is 0 Å². The third-order valence-electron chi connectivity index (χ3n) is 2.42. The van der Waals surface area contributed by atoms with E-state index in [-0.39, 0.29) is 5.92 Å². The van der Waals surface area contributed by atoms with Crippen molar-refractivity contribution in [2.45, 2.75) is 23.6 Å². The second kappa shape index (κ2) is 3.63. The molecule has 3 heteroatoms. The molecule has 76 valence electrons. The molecule has 0 radical (unpaired) electrons. The van der Waals surface area contributed by atoms with Crippen LogP contribution in [-0.4, -0.2) is 10.9 Å². The SMILES string of the molecule is CCOc1ccccc1C1CC1(Cl)Cl. The monoisotopic (exact) mass is 230 g/mol. The second-order valence-corrected chi connectivity index (χ2v) is 5.03. The van der Waals surface area contributed by atoms with Crippen LogP contribution in [0.25, 0.3) is 0 Å². The van der Waals surface area contributed by atoms with E-state index in [0.29, 0.717) is 6.61 Å². The fraction of sp³-hybridized carbons (Fsp3) is 0.455. The second-order valence-electron chi connectivity index (χ2n) is 3.49. The van der Waals surface area contributed by atoms with Crippen LogP contribution >= 0.6 is 23.2 Å². The maximum atomic E-state index is 6.02. The van der Waals surface area contributed by atoms with E-state index in [2.05, 4.69) is 0 Å². The van der Waals surface area contributed by atoms with Crippen molar-refractivity contribution >= 4 is 23.2 Å². The number of halogens is 2. The highest BCUT2D eigenvalue weighted by molar-refractivity contribution is 6.51. The number of hydrogen-bond donors (Lipinski definition) is 0. The first kappa shape index (κ1) is 10.1. The van der Waals surface area contributed by atoms with Gasteiger partial charge in [-0.3, -0.25) is 0 Å². The van der Waals surface area contributed by atoms with E-state index in [9.17, 15) is 0 Å². The zero-order chi connectivity index (χ0) is 10.2. The smallest absolute Gasteiger partial charge is 0.126 e. The molecule has 0 aliphatic heterocycles. The van der Waals surface area contributed by atoms with E-state index in [4.69, 9.17) is 27.9 Å². The van der Waals surface area contributed by atoms with Crippen molar-refractivity contribution in [2.75, 3.05) is 6.61 Å². The fourth-order valence-electron chi connectivity index (χ4n) is 1.61. The van der Waals surface area contributed by atoms with Gasteiger partial charge in [-0.1, -0.05) is 18.2 Å². The Morgan fingerprint density at radius 1 is 1.43 bits per heavy atom. The number of ether oxygens (including phenoxy) is 1. The summed E-state index contributed by atoms with van der Waals surface area (Å²) in [6, 6.07) is 7.93. The summed E-state index contributed by atoms with van der Waals surface area (Å²) in [6.07, 6.45) is 0.820. The molecule has 0 heterocycles. The Kier molecular flexibility index (Phi) is 2.63. The maximum absolute atomic E-state index is 6.02.